The molecule has 96 valence electrons. The first-order valence-electron chi connectivity index (χ1n) is 6.20. The van der Waals surface area contributed by atoms with Crippen LogP contribution < -0.4 is 10.1 Å². The van der Waals surface area contributed by atoms with E-state index in [9.17, 15) is 0 Å². The lowest BCUT2D eigenvalue weighted by Crippen LogP contribution is -2.26. The lowest BCUT2D eigenvalue weighted by molar-refractivity contribution is 0.382. The number of hydrogen-bond acceptors (Lipinski definition) is 2. The predicted molar refractivity (Wildman–Crippen MR) is 73.9 cm³/mol. The Kier molecular flexibility index (Phi) is 5.79. The summed E-state index contributed by atoms with van der Waals surface area (Å²) in [6.45, 7) is 7.50. The lowest BCUT2D eigenvalue weighted by Gasteiger charge is -2.25. The van der Waals surface area contributed by atoms with Crippen LogP contribution in [0.15, 0.2) is 18.2 Å². The van der Waals surface area contributed by atoms with Gasteiger partial charge in [0.05, 0.1) is 7.11 Å². The summed E-state index contributed by atoms with van der Waals surface area (Å²) in [5.74, 6) is 1.36. The van der Waals surface area contributed by atoms with E-state index in [-0.39, 0.29) is 0 Å². The van der Waals surface area contributed by atoms with Crippen LogP contribution in [-0.4, -0.2) is 13.7 Å². The van der Waals surface area contributed by atoms with Crippen LogP contribution in [0.1, 0.15) is 38.8 Å². The summed E-state index contributed by atoms with van der Waals surface area (Å²) < 4.78 is 5.17. The van der Waals surface area contributed by atoms with E-state index >= 15 is 0 Å². The van der Waals surface area contributed by atoms with Crippen molar-refractivity contribution >= 4 is 11.6 Å². The van der Waals surface area contributed by atoms with Crippen molar-refractivity contribution in [3.05, 3.63) is 28.8 Å². The van der Waals surface area contributed by atoms with Crippen LogP contribution in [-0.2, 0) is 0 Å². The molecule has 0 fully saturated rings. The Hall–Kier alpha value is -0.730. The average molecular weight is 256 g/mol. The minimum atomic E-state index is 0.309. The van der Waals surface area contributed by atoms with Crippen molar-refractivity contribution in [2.75, 3.05) is 13.7 Å². The molecule has 0 bridgehead atoms. The molecule has 0 aliphatic rings. The highest BCUT2D eigenvalue weighted by Crippen LogP contribution is 2.32. The number of ether oxygens (including phenoxy) is 1. The fraction of sp³-hybridized carbons (Fsp3) is 0.571. The molecule has 0 heterocycles. The Balaban J connectivity index is 3.01. The van der Waals surface area contributed by atoms with Gasteiger partial charge in [-0.3, -0.25) is 0 Å². The van der Waals surface area contributed by atoms with Gasteiger partial charge >= 0.3 is 0 Å². The van der Waals surface area contributed by atoms with Crippen molar-refractivity contribution < 1.29 is 4.74 Å². The normalized spacial score (nSPS) is 14.4. The topological polar surface area (TPSA) is 21.3 Å². The van der Waals surface area contributed by atoms with E-state index < -0.39 is 0 Å². The molecule has 2 atom stereocenters. The first-order valence-corrected chi connectivity index (χ1v) is 6.58. The van der Waals surface area contributed by atoms with Gasteiger partial charge < -0.3 is 10.1 Å². The molecular formula is C14H22ClNO. The van der Waals surface area contributed by atoms with Crippen molar-refractivity contribution in [1.29, 1.82) is 0 Å². The third kappa shape index (κ3) is 3.62. The van der Waals surface area contributed by atoms with Crippen molar-refractivity contribution in [3.8, 4) is 5.75 Å². The molecule has 1 N–H and O–H groups in total. The molecule has 0 saturated heterocycles. The van der Waals surface area contributed by atoms with Crippen LogP contribution in [0, 0.1) is 5.92 Å². The molecule has 1 aromatic rings. The largest absolute Gasteiger partial charge is 0.497 e. The van der Waals surface area contributed by atoms with Crippen molar-refractivity contribution in [2.24, 2.45) is 5.92 Å². The first-order chi connectivity index (χ1) is 8.13. The molecule has 0 aliphatic heterocycles. The smallest absolute Gasteiger partial charge is 0.120 e. The maximum absolute atomic E-state index is 6.32. The van der Waals surface area contributed by atoms with Crippen molar-refractivity contribution in [2.45, 2.75) is 33.2 Å². The molecule has 1 aromatic carbocycles. The Morgan fingerprint density at radius 2 is 2.06 bits per heavy atom. The summed E-state index contributed by atoms with van der Waals surface area (Å²) >= 11 is 6.32. The molecule has 0 aromatic heterocycles. The van der Waals surface area contributed by atoms with E-state index in [4.69, 9.17) is 16.3 Å². The number of rotatable bonds is 6. The minimum Gasteiger partial charge on any atom is -0.497 e. The number of nitrogens with one attached hydrogen (secondary N) is 1. The van der Waals surface area contributed by atoms with Crippen LogP contribution in [0.5, 0.6) is 5.75 Å². The highest BCUT2D eigenvalue weighted by Gasteiger charge is 2.19. The second-order valence-corrected chi connectivity index (χ2v) is 4.72. The minimum absolute atomic E-state index is 0.309. The summed E-state index contributed by atoms with van der Waals surface area (Å²) in [5, 5.41) is 4.28. The van der Waals surface area contributed by atoms with E-state index in [0.29, 0.717) is 12.0 Å². The van der Waals surface area contributed by atoms with Gasteiger partial charge in [0.15, 0.2) is 0 Å². The summed E-state index contributed by atoms with van der Waals surface area (Å²) in [5.41, 5.74) is 1.16. The van der Waals surface area contributed by atoms with Gasteiger partial charge in [0.1, 0.15) is 5.75 Å². The zero-order valence-electron chi connectivity index (χ0n) is 11.1. The van der Waals surface area contributed by atoms with Gasteiger partial charge in [-0.25, -0.2) is 0 Å². The first kappa shape index (κ1) is 14.3. The van der Waals surface area contributed by atoms with E-state index in [1.165, 1.54) is 0 Å². The van der Waals surface area contributed by atoms with Crippen LogP contribution in [0.25, 0.3) is 0 Å². The quantitative estimate of drug-likeness (QED) is 0.828. The van der Waals surface area contributed by atoms with Gasteiger partial charge in [0.2, 0.25) is 0 Å². The van der Waals surface area contributed by atoms with Crippen LogP contribution >= 0.6 is 11.6 Å². The Bertz CT molecular complexity index is 354. The Morgan fingerprint density at radius 3 is 2.53 bits per heavy atom. The van der Waals surface area contributed by atoms with Crippen LogP contribution in [0.2, 0.25) is 5.02 Å². The fourth-order valence-electron chi connectivity index (χ4n) is 1.96. The fourth-order valence-corrected chi connectivity index (χ4v) is 2.25. The summed E-state index contributed by atoms with van der Waals surface area (Å²) in [6.07, 6.45) is 1.13. The van der Waals surface area contributed by atoms with Gasteiger partial charge in [-0.2, -0.15) is 0 Å². The Labute approximate surface area is 109 Å². The Morgan fingerprint density at radius 1 is 1.35 bits per heavy atom. The van der Waals surface area contributed by atoms with Gasteiger partial charge in [0.25, 0.3) is 0 Å². The molecule has 17 heavy (non-hydrogen) atoms. The third-order valence-electron chi connectivity index (χ3n) is 3.18. The molecule has 0 aliphatic carbocycles. The second kappa shape index (κ2) is 6.87. The summed E-state index contributed by atoms with van der Waals surface area (Å²) in [4.78, 5) is 0. The van der Waals surface area contributed by atoms with Crippen molar-refractivity contribution in [1.82, 2.24) is 5.32 Å². The van der Waals surface area contributed by atoms with E-state index in [2.05, 4.69) is 32.2 Å². The van der Waals surface area contributed by atoms with E-state index in [0.717, 1.165) is 29.3 Å². The highest BCUT2D eigenvalue weighted by molar-refractivity contribution is 6.31. The van der Waals surface area contributed by atoms with Crippen LogP contribution in [0.4, 0.5) is 0 Å². The number of halogens is 1. The van der Waals surface area contributed by atoms with Gasteiger partial charge in [-0.1, -0.05) is 44.9 Å². The van der Waals surface area contributed by atoms with E-state index in [1.807, 2.05) is 12.1 Å². The molecule has 0 radical (unpaired) electrons. The highest BCUT2D eigenvalue weighted by atomic mass is 35.5. The maximum atomic E-state index is 6.32. The molecule has 0 amide bonds. The zero-order valence-corrected chi connectivity index (χ0v) is 11.8. The van der Waals surface area contributed by atoms with Gasteiger partial charge in [0, 0.05) is 11.1 Å². The van der Waals surface area contributed by atoms with Crippen LogP contribution in [0.3, 0.4) is 0 Å². The SMILES string of the molecule is CCNC(c1ccc(OC)cc1Cl)C(C)CC. The van der Waals surface area contributed by atoms with E-state index in [1.54, 1.807) is 7.11 Å². The van der Waals surface area contributed by atoms with Crippen molar-refractivity contribution in [3.63, 3.8) is 0 Å². The number of benzene rings is 1. The lowest BCUT2D eigenvalue weighted by atomic mass is 9.92. The summed E-state index contributed by atoms with van der Waals surface area (Å²) in [6, 6.07) is 6.21. The second-order valence-electron chi connectivity index (χ2n) is 4.31. The summed E-state index contributed by atoms with van der Waals surface area (Å²) in [7, 11) is 1.65. The molecule has 2 nitrogen and oxygen atoms in total. The third-order valence-corrected chi connectivity index (χ3v) is 3.51. The monoisotopic (exact) mass is 255 g/mol. The maximum Gasteiger partial charge on any atom is 0.120 e. The predicted octanol–water partition coefficient (Wildman–Crippen LogP) is 4.05. The molecule has 0 saturated carbocycles. The average Bonchev–Trinajstić information content (AvgIpc) is 2.35. The number of hydrogen-bond donors (Lipinski definition) is 1. The zero-order chi connectivity index (χ0) is 12.8. The van der Waals surface area contributed by atoms with Gasteiger partial charge in [-0.05, 0) is 30.2 Å². The number of methoxy groups -OCH3 is 1. The molecular weight excluding hydrogens is 234 g/mol. The molecule has 1 rings (SSSR count). The molecule has 0 spiro atoms. The molecule has 2 unspecified atom stereocenters. The standard InChI is InChI=1S/C14H22ClNO/c1-5-10(3)14(16-6-2)12-8-7-11(17-4)9-13(12)15/h7-10,14,16H,5-6H2,1-4H3. The van der Waals surface area contributed by atoms with Gasteiger partial charge in [-0.15, -0.1) is 0 Å². The molecule has 3 heteroatoms.